The Labute approximate surface area is 129 Å². The van der Waals surface area contributed by atoms with Crippen molar-refractivity contribution in [2.45, 2.75) is 19.4 Å². The molecule has 0 saturated heterocycles. The number of ketones is 1. The smallest absolute Gasteiger partial charge is 0.485 e. The van der Waals surface area contributed by atoms with Gasteiger partial charge in [-0.1, -0.05) is 29.4 Å². The second kappa shape index (κ2) is 8.39. The normalized spacial score (nSPS) is 11.6. The zero-order valence-corrected chi connectivity index (χ0v) is 12.6. The lowest BCUT2D eigenvalue weighted by Gasteiger charge is -2.08. The number of Topliss-reactive ketones (excluding diaryl/α,β-unsaturated/α-hetero) is 1. The first kappa shape index (κ1) is 20.7. The Morgan fingerprint density at radius 2 is 1.74 bits per heavy atom. The standard InChI is InChI=1S/C11H11NO3.CHF3O3S/c1-8-5-3-4-6-10(8)7-12-15-11(14)9(2)13;2-1(3,4)8(5,6)7/h3-7H,1-2H3;(H,5,6,7)/p-1/b12-7-;. The maximum Gasteiger partial charge on any atom is 0.485 e. The van der Waals surface area contributed by atoms with Crippen molar-refractivity contribution >= 4 is 28.1 Å². The van der Waals surface area contributed by atoms with Crippen LogP contribution in [0.2, 0.25) is 0 Å². The Hall–Kier alpha value is -2.27. The van der Waals surface area contributed by atoms with E-state index in [0.717, 1.165) is 18.1 Å². The molecule has 0 bridgehead atoms. The molecule has 0 amide bonds. The Bertz CT molecular complexity index is 697. The van der Waals surface area contributed by atoms with Gasteiger partial charge in [0.2, 0.25) is 5.78 Å². The predicted molar refractivity (Wildman–Crippen MR) is 71.3 cm³/mol. The summed E-state index contributed by atoms with van der Waals surface area (Å²) in [6, 6.07) is 7.49. The molecule has 0 spiro atoms. The molecule has 0 aliphatic rings. The van der Waals surface area contributed by atoms with Crippen LogP contribution < -0.4 is 0 Å². The van der Waals surface area contributed by atoms with Crippen molar-refractivity contribution in [2.75, 3.05) is 0 Å². The Morgan fingerprint density at radius 1 is 1.26 bits per heavy atom. The first-order valence-corrected chi connectivity index (χ1v) is 7.10. The molecule has 1 rings (SSSR count). The minimum absolute atomic E-state index is 0.670. The lowest BCUT2D eigenvalue weighted by molar-refractivity contribution is -0.152. The minimum atomic E-state index is -6.09. The Morgan fingerprint density at radius 3 is 2.13 bits per heavy atom. The van der Waals surface area contributed by atoms with Gasteiger partial charge in [0.25, 0.3) is 0 Å². The number of carbonyl (C=O) groups excluding carboxylic acids is 2. The summed E-state index contributed by atoms with van der Waals surface area (Å²) < 4.78 is 58.9. The average molecular weight is 354 g/mol. The average Bonchev–Trinajstić information content (AvgIpc) is 2.39. The maximum atomic E-state index is 10.7. The van der Waals surface area contributed by atoms with E-state index in [1.807, 2.05) is 31.2 Å². The highest BCUT2D eigenvalue weighted by Gasteiger charge is 2.36. The molecule has 1 aromatic carbocycles. The minimum Gasteiger partial charge on any atom is -0.741 e. The zero-order valence-electron chi connectivity index (χ0n) is 11.8. The Balaban J connectivity index is 0.000000515. The van der Waals surface area contributed by atoms with Crippen LogP contribution >= 0.6 is 0 Å². The summed E-state index contributed by atoms with van der Waals surface area (Å²) in [6.07, 6.45) is 1.40. The van der Waals surface area contributed by atoms with Gasteiger partial charge in [-0.3, -0.25) is 4.79 Å². The predicted octanol–water partition coefficient (Wildman–Crippen LogP) is 1.51. The lowest BCUT2D eigenvalue weighted by Crippen LogP contribution is -2.21. The molecule has 11 heteroatoms. The lowest BCUT2D eigenvalue weighted by atomic mass is 10.1. The maximum absolute atomic E-state index is 10.7. The molecule has 0 radical (unpaired) electrons. The van der Waals surface area contributed by atoms with E-state index >= 15 is 0 Å². The van der Waals surface area contributed by atoms with Gasteiger partial charge in [0.1, 0.15) is 0 Å². The molecular formula is C12H11F3NO6S-. The third-order valence-electron chi connectivity index (χ3n) is 2.09. The van der Waals surface area contributed by atoms with E-state index in [1.54, 1.807) is 0 Å². The van der Waals surface area contributed by atoms with Crippen molar-refractivity contribution in [2.24, 2.45) is 5.16 Å². The van der Waals surface area contributed by atoms with E-state index in [9.17, 15) is 22.8 Å². The van der Waals surface area contributed by atoms with E-state index < -0.39 is 27.4 Å². The molecule has 0 unspecified atom stereocenters. The molecule has 128 valence electrons. The van der Waals surface area contributed by atoms with Gasteiger partial charge in [-0.05, 0) is 18.1 Å². The van der Waals surface area contributed by atoms with Gasteiger partial charge in [-0.15, -0.1) is 0 Å². The number of nitrogens with zero attached hydrogens (tertiary/aromatic N) is 1. The van der Waals surface area contributed by atoms with Gasteiger partial charge in [0.05, 0.1) is 6.21 Å². The van der Waals surface area contributed by atoms with Crippen molar-refractivity contribution in [1.82, 2.24) is 0 Å². The van der Waals surface area contributed by atoms with E-state index in [2.05, 4.69) is 9.99 Å². The van der Waals surface area contributed by atoms with Crippen LogP contribution in [0.25, 0.3) is 0 Å². The van der Waals surface area contributed by atoms with Gasteiger partial charge in [-0.2, -0.15) is 13.2 Å². The topological polar surface area (TPSA) is 113 Å². The van der Waals surface area contributed by atoms with E-state index in [4.69, 9.17) is 13.0 Å². The fourth-order valence-corrected chi connectivity index (χ4v) is 0.927. The fraction of sp³-hybridized carbons (Fsp3) is 0.250. The van der Waals surface area contributed by atoms with E-state index in [0.29, 0.717) is 0 Å². The van der Waals surface area contributed by atoms with Crippen molar-refractivity contribution in [3.63, 3.8) is 0 Å². The molecule has 1 aromatic rings. The molecule has 0 aromatic heterocycles. The van der Waals surface area contributed by atoms with Crippen molar-refractivity contribution in [3.8, 4) is 0 Å². The van der Waals surface area contributed by atoms with Crippen LogP contribution in [-0.2, 0) is 24.5 Å². The van der Waals surface area contributed by atoms with Crippen LogP contribution in [0.4, 0.5) is 13.2 Å². The largest absolute Gasteiger partial charge is 0.741 e. The summed E-state index contributed by atoms with van der Waals surface area (Å²) in [4.78, 5) is 25.6. The number of aryl methyl sites for hydroxylation is 1. The number of alkyl halides is 3. The number of hydrogen-bond donors (Lipinski definition) is 0. The quantitative estimate of drug-likeness (QED) is 0.203. The second-order valence-corrected chi connectivity index (χ2v) is 5.30. The first-order chi connectivity index (χ1) is 10.4. The number of oxime groups is 1. The molecule has 0 saturated carbocycles. The van der Waals surface area contributed by atoms with Crippen LogP contribution in [0.3, 0.4) is 0 Å². The summed E-state index contributed by atoms with van der Waals surface area (Å²) in [5.41, 5.74) is -3.79. The second-order valence-electron chi connectivity index (χ2n) is 3.93. The van der Waals surface area contributed by atoms with Gasteiger partial charge < -0.3 is 9.39 Å². The van der Waals surface area contributed by atoms with Crippen LogP contribution in [0.15, 0.2) is 29.4 Å². The van der Waals surface area contributed by atoms with Gasteiger partial charge in [0, 0.05) is 6.92 Å². The van der Waals surface area contributed by atoms with Crippen LogP contribution in [0.5, 0.6) is 0 Å². The monoisotopic (exact) mass is 354 g/mol. The molecule has 0 fully saturated rings. The highest BCUT2D eigenvalue weighted by Crippen LogP contribution is 2.20. The van der Waals surface area contributed by atoms with Gasteiger partial charge >= 0.3 is 11.5 Å². The molecule has 0 aliphatic carbocycles. The van der Waals surface area contributed by atoms with Crippen molar-refractivity contribution < 1.29 is 40.6 Å². The van der Waals surface area contributed by atoms with Gasteiger partial charge in [-0.25, -0.2) is 13.2 Å². The van der Waals surface area contributed by atoms with Crippen LogP contribution in [0.1, 0.15) is 18.1 Å². The molecule has 0 N–H and O–H groups in total. The summed E-state index contributed by atoms with van der Waals surface area (Å²) in [5, 5.41) is 3.43. The molecular weight excluding hydrogens is 343 g/mol. The van der Waals surface area contributed by atoms with E-state index in [-0.39, 0.29) is 0 Å². The Kier molecular flexibility index (Phi) is 7.56. The van der Waals surface area contributed by atoms with E-state index in [1.165, 1.54) is 6.21 Å². The van der Waals surface area contributed by atoms with Crippen LogP contribution in [-0.4, -0.2) is 36.4 Å². The SMILES string of the molecule is CC(=O)C(=O)O/N=C\c1ccccc1C.O=S(=O)([O-])C(F)(F)F. The highest BCUT2D eigenvalue weighted by molar-refractivity contribution is 7.86. The fourth-order valence-electron chi connectivity index (χ4n) is 0.927. The molecule has 0 heterocycles. The number of rotatable bonds is 3. The number of hydrogen-bond acceptors (Lipinski definition) is 7. The highest BCUT2D eigenvalue weighted by atomic mass is 32.2. The van der Waals surface area contributed by atoms with Crippen molar-refractivity contribution in [3.05, 3.63) is 35.4 Å². The third kappa shape index (κ3) is 8.07. The van der Waals surface area contributed by atoms with Crippen molar-refractivity contribution in [1.29, 1.82) is 0 Å². The molecule has 23 heavy (non-hydrogen) atoms. The summed E-state index contributed by atoms with van der Waals surface area (Å²) in [5.74, 6) is -1.63. The number of halogens is 3. The number of carbonyl (C=O) groups is 2. The zero-order chi connectivity index (χ0) is 18.3. The molecule has 0 aliphatic heterocycles. The third-order valence-corrected chi connectivity index (χ3v) is 2.65. The summed E-state index contributed by atoms with van der Waals surface area (Å²) >= 11 is 0. The molecule has 0 atom stereocenters. The molecule has 7 nitrogen and oxygen atoms in total. The summed E-state index contributed by atoms with van der Waals surface area (Å²) in [6.45, 7) is 3.04. The number of benzene rings is 1. The van der Waals surface area contributed by atoms with Gasteiger partial charge in [0.15, 0.2) is 10.1 Å². The summed E-state index contributed by atoms with van der Waals surface area (Å²) in [7, 11) is -6.09. The van der Waals surface area contributed by atoms with Crippen LogP contribution in [0, 0.1) is 6.92 Å². The first-order valence-electron chi connectivity index (χ1n) is 5.69.